The Morgan fingerprint density at radius 1 is 1.39 bits per heavy atom. The van der Waals surface area contributed by atoms with Crippen molar-refractivity contribution in [1.29, 1.82) is 0 Å². The van der Waals surface area contributed by atoms with Gasteiger partial charge in [-0.2, -0.15) is 0 Å². The van der Waals surface area contributed by atoms with E-state index < -0.39 is 0 Å². The molecule has 0 aliphatic heterocycles. The molecule has 3 heteroatoms. The largest absolute Gasteiger partial charge is 0.494 e. The lowest BCUT2D eigenvalue weighted by Crippen LogP contribution is -2.24. The van der Waals surface area contributed by atoms with Crippen LogP contribution in [0.25, 0.3) is 0 Å². The molecule has 2 rings (SSSR count). The second kappa shape index (κ2) is 6.58. The summed E-state index contributed by atoms with van der Waals surface area (Å²) in [5.74, 6) is 1.75. The lowest BCUT2D eigenvalue weighted by molar-refractivity contribution is 0.339. The molecule has 1 aliphatic rings. The monoisotopic (exact) mass is 311 g/mol. The highest BCUT2D eigenvalue weighted by molar-refractivity contribution is 9.10. The molecule has 0 aromatic heterocycles. The molecule has 1 N–H and O–H groups in total. The highest BCUT2D eigenvalue weighted by Crippen LogP contribution is 2.43. The minimum atomic E-state index is 0.495. The molecular weight excluding hydrogens is 290 g/mol. The zero-order valence-corrected chi connectivity index (χ0v) is 12.8. The molecule has 1 atom stereocenters. The summed E-state index contributed by atoms with van der Waals surface area (Å²) in [6.07, 6.45) is 3.87. The number of rotatable bonds is 7. The van der Waals surface area contributed by atoms with E-state index in [-0.39, 0.29) is 0 Å². The zero-order chi connectivity index (χ0) is 13.0. The van der Waals surface area contributed by atoms with Crippen LogP contribution in [0.3, 0.4) is 0 Å². The van der Waals surface area contributed by atoms with Crippen LogP contribution in [0.2, 0.25) is 0 Å². The molecule has 0 amide bonds. The molecule has 1 fully saturated rings. The van der Waals surface area contributed by atoms with Gasteiger partial charge in [-0.15, -0.1) is 0 Å². The molecule has 0 radical (unpaired) electrons. The van der Waals surface area contributed by atoms with Crippen LogP contribution in [0.15, 0.2) is 22.7 Å². The molecule has 2 nitrogen and oxygen atoms in total. The molecule has 0 heterocycles. The van der Waals surface area contributed by atoms with Gasteiger partial charge in [-0.3, -0.25) is 0 Å². The van der Waals surface area contributed by atoms with Gasteiger partial charge in [0, 0.05) is 10.5 Å². The van der Waals surface area contributed by atoms with Gasteiger partial charge in [0.2, 0.25) is 0 Å². The van der Waals surface area contributed by atoms with Gasteiger partial charge >= 0.3 is 0 Å². The minimum absolute atomic E-state index is 0.495. The molecule has 0 spiro atoms. The van der Waals surface area contributed by atoms with E-state index >= 15 is 0 Å². The fourth-order valence-corrected chi connectivity index (χ4v) is 2.88. The van der Waals surface area contributed by atoms with Crippen LogP contribution in [0, 0.1) is 5.92 Å². The van der Waals surface area contributed by atoms with Crippen LogP contribution in [-0.2, 0) is 0 Å². The molecular formula is C15H22BrNO. The predicted octanol–water partition coefficient (Wildman–Crippen LogP) is 4.30. The number of hydrogen-bond donors (Lipinski definition) is 1. The van der Waals surface area contributed by atoms with E-state index in [1.807, 2.05) is 6.92 Å². The first-order chi connectivity index (χ1) is 8.76. The molecule has 100 valence electrons. The van der Waals surface area contributed by atoms with Gasteiger partial charge < -0.3 is 10.1 Å². The molecule has 1 aliphatic carbocycles. The summed E-state index contributed by atoms with van der Waals surface area (Å²) < 4.78 is 6.69. The predicted molar refractivity (Wildman–Crippen MR) is 79.1 cm³/mol. The van der Waals surface area contributed by atoms with Crippen LogP contribution in [-0.4, -0.2) is 13.2 Å². The van der Waals surface area contributed by atoms with E-state index in [9.17, 15) is 0 Å². The average Bonchev–Trinajstić information content (AvgIpc) is 3.17. The number of nitrogens with one attached hydrogen (secondary N) is 1. The first kappa shape index (κ1) is 13.9. The Hall–Kier alpha value is -0.540. The van der Waals surface area contributed by atoms with Crippen molar-refractivity contribution in [3.05, 3.63) is 28.2 Å². The van der Waals surface area contributed by atoms with E-state index in [4.69, 9.17) is 4.74 Å². The van der Waals surface area contributed by atoms with Gasteiger partial charge in [0.25, 0.3) is 0 Å². The average molecular weight is 312 g/mol. The normalized spacial score (nSPS) is 16.6. The second-order valence-corrected chi connectivity index (χ2v) is 5.74. The minimum Gasteiger partial charge on any atom is -0.494 e. The van der Waals surface area contributed by atoms with Crippen molar-refractivity contribution in [2.24, 2.45) is 5.92 Å². The summed E-state index contributed by atoms with van der Waals surface area (Å²) in [4.78, 5) is 0. The van der Waals surface area contributed by atoms with E-state index in [1.54, 1.807) is 0 Å². The lowest BCUT2D eigenvalue weighted by atomic mass is 10.0. The van der Waals surface area contributed by atoms with Crippen molar-refractivity contribution < 1.29 is 4.74 Å². The van der Waals surface area contributed by atoms with E-state index in [0.29, 0.717) is 12.6 Å². The van der Waals surface area contributed by atoms with E-state index in [0.717, 1.165) is 22.7 Å². The summed E-state index contributed by atoms with van der Waals surface area (Å²) in [5, 5.41) is 3.67. The number of hydrogen-bond acceptors (Lipinski definition) is 2. The maximum absolute atomic E-state index is 5.53. The molecule has 0 bridgehead atoms. The first-order valence-electron chi connectivity index (χ1n) is 6.91. The quantitative estimate of drug-likeness (QED) is 0.810. The smallest absolute Gasteiger partial charge is 0.120 e. The van der Waals surface area contributed by atoms with Crippen LogP contribution >= 0.6 is 15.9 Å². The zero-order valence-electron chi connectivity index (χ0n) is 11.2. The Labute approximate surface area is 118 Å². The fraction of sp³-hybridized carbons (Fsp3) is 0.600. The first-order valence-corrected chi connectivity index (χ1v) is 7.71. The number of benzene rings is 1. The van der Waals surface area contributed by atoms with Gasteiger partial charge in [0.05, 0.1) is 6.61 Å². The van der Waals surface area contributed by atoms with Crippen molar-refractivity contribution in [3.8, 4) is 5.75 Å². The highest BCUT2D eigenvalue weighted by Gasteiger charge is 2.32. The number of ether oxygens (including phenoxy) is 1. The number of halogens is 1. The SMILES string of the molecule is CCCNC(c1ccc(OCC)cc1Br)C1CC1. The Morgan fingerprint density at radius 3 is 2.72 bits per heavy atom. The molecule has 0 saturated heterocycles. The van der Waals surface area contributed by atoms with Gasteiger partial charge in [0.1, 0.15) is 5.75 Å². The highest BCUT2D eigenvalue weighted by atomic mass is 79.9. The maximum Gasteiger partial charge on any atom is 0.120 e. The van der Waals surface area contributed by atoms with Gasteiger partial charge in [-0.05, 0) is 56.3 Å². The fourth-order valence-electron chi connectivity index (χ4n) is 2.28. The Bertz CT molecular complexity index is 390. The lowest BCUT2D eigenvalue weighted by Gasteiger charge is -2.20. The third kappa shape index (κ3) is 3.48. The van der Waals surface area contributed by atoms with E-state index in [2.05, 4.69) is 46.4 Å². The maximum atomic E-state index is 5.53. The molecule has 1 unspecified atom stereocenters. The van der Waals surface area contributed by atoms with Crippen molar-refractivity contribution >= 4 is 15.9 Å². The third-order valence-corrected chi connectivity index (χ3v) is 4.01. The van der Waals surface area contributed by atoms with Crippen LogP contribution < -0.4 is 10.1 Å². The van der Waals surface area contributed by atoms with Gasteiger partial charge in [-0.25, -0.2) is 0 Å². The summed E-state index contributed by atoms with van der Waals surface area (Å²) in [5.41, 5.74) is 1.37. The van der Waals surface area contributed by atoms with Crippen LogP contribution in [0.1, 0.15) is 44.7 Å². The Kier molecular flexibility index (Phi) is 5.07. The summed E-state index contributed by atoms with van der Waals surface area (Å²) in [6.45, 7) is 6.02. The van der Waals surface area contributed by atoms with E-state index in [1.165, 1.54) is 24.8 Å². The van der Waals surface area contributed by atoms with Gasteiger partial charge in [-0.1, -0.05) is 28.9 Å². The van der Waals surface area contributed by atoms with Crippen molar-refractivity contribution in [1.82, 2.24) is 5.32 Å². The Balaban J connectivity index is 2.13. The topological polar surface area (TPSA) is 21.3 Å². The summed E-state index contributed by atoms with van der Waals surface area (Å²) in [6, 6.07) is 6.85. The third-order valence-electron chi connectivity index (χ3n) is 3.33. The summed E-state index contributed by atoms with van der Waals surface area (Å²) >= 11 is 3.69. The standard InChI is InChI=1S/C15H22BrNO/c1-3-9-17-15(11-5-6-11)13-8-7-12(18-4-2)10-14(13)16/h7-8,10-11,15,17H,3-6,9H2,1-2H3. The molecule has 1 aromatic carbocycles. The molecule has 1 saturated carbocycles. The molecule has 18 heavy (non-hydrogen) atoms. The van der Waals surface area contributed by atoms with Crippen molar-refractivity contribution in [3.63, 3.8) is 0 Å². The van der Waals surface area contributed by atoms with Crippen LogP contribution in [0.4, 0.5) is 0 Å². The van der Waals surface area contributed by atoms with Gasteiger partial charge in [0.15, 0.2) is 0 Å². The molecule has 1 aromatic rings. The van der Waals surface area contributed by atoms with Crippen molar-refractivity contribution in [2.75, 3.05) is 13.2 Å². The summed E-state index contributed by atoms with van der Waals surface area (Å²) in [7, 11) is 0. The Morgan fingerprint density at radius 2 is 2.17 bits per heavy atom. The van der Waals surface area contributed by atoms with Crippen molar-refractivity contribution in [2.45, 2.75) is 39.2 Å². The second-order valence-electron chi connectivity index (χ2n) is 4.89. The van der Waals surface area contributed by atoms with Crippen LogP contribution in [0.5, 0.6) is 5.75 Å².